The summed E-state index contributed by atoms with van der Waals surface area (Å²) in [4.78, 5) is 15.6. The molecule has 17 unspecified atom stereocenters. The van der Waals surface area contributed by atoms with Gasteiger partial charge < -0.3 is 64.2 Å². The van der Waals surface area contributed by atoms with Crippen molar-refractivity contribution in [3.8, 4) is 0 Å². The van der Waals surface area contributed by atoms with E-state index in [1.165, 1.54) is 14.0 Å². The zero-order chi connectivity index (χ0) is 39.9. The van der Waals surface area contributed by atoms with Crippen LogP contribution >= 0.6 is 0 Å². The molecule has 0 spiro atoms. The van der Waals surface area contributed by atoms with Gasteiger partial charge in [-0.2, -0.15) is 0 Å². The van der Waals surface area contributed by atoms with Crippen LogP contribution in [0.25, 0.3) is 0 Å². The Balaban J connectivity index is 0.0000140. The average Bonchev–Trinajstić information content (AvgIpc) is 3.06. The number of carbonyl (C=O) groups is 1. The van der Waals surface area contributed by atoms with Crippen molar-refractivity contribution in [1.82, 2.24) is 10.2 Å². The predicted molar refractivity (Wildman–Crippen MR) is 196 cm³/mol. The summed E-state index contributed by atoms with van der Waals surface area (Å²) in [5, 5.41) is 58.4. The van der Waals surface area contributed by atoms with Gasteiger partial charge in [-0.3, -0.25) is 4.79 Å². The van der Waals surface area contributed by atoms with E-state index in [-0.39, 0.29) is 61.6 Å². The molecule has 0 amide bonds. The largest absolute Gasteiger partial charge is 0.462 e. The van der Waals surface area contributed by atoms with Crippen LogP contribution in [0.5, 0.6) is 0 Å². The van der Waals surface area contributed by atoms with Gasteiger partial charge in [-0.15, -0.1) is 0 Å². The Morgan fingerprint density at radius 2 is 1.66 bits per heavy atom. The topological polar surface area (TPSA) is 189 Å². The molecule has 1 radical (unpaired) electrons. The SMILES string of the molecule is CC[C@H](C)OC(=O)C(C)C(OC1CC(C)(OC)C(O)C(C)O1)C(C)C(OC1OC(C)CC(N(C)C)C1O)C(C)(O)CC(C)NCC(C)C(O)C(C)O.[V]. The van der Waals surface area contributed by atoms with Crippen LogP contribution in [0.15, 0.2) is 0 Å². The summed E-state index contributed by atoms with van der Waals surface area (Å²) in [7, 11) is 5.28. The third-order valence-electron chi connectivity index (χ3n) is 11.3. The van der Waals surface area contributed by atoms with Crippen molar-refractivity contribution in [2.75, 3.05) is 27.7 Å². The van der Waals surface area contributed by atoms with Gasteiger partial charge in [0.2, 0.25) is 0 Å². The van der Waals surface area contributed by atoms with Crippen molar-refractivity contribution in [3.63, 3.8) is 0 Å². The number of esters is 1. The first-order valence-electron chi connectivity index (χ1n) is 19.2. The van der Waals surface area contributed by atoms with E-state index < -0.39 is 84.3 Å². The van der Waals surface area contributed by atoms with Gasteiger partial charge in [0.25, 0.3) is 0 Å². The maximum Gasteiger partial charge on any atom is 0.311 e. The van der Waals surface area contributed by atoms with E-state index in [2.05, 4.69) is 5.32 Å². The van der Waals surface area contributed by atoms with Crippen LogP contribution in [0.4, 0.5) is 0 Å². The van der Waals surface area contributed by atoms with Gasteiger partial charge >= 0.3 is 5.97 Å². The van der Waals surface area contributed by atoms with Crippen molar-refractivity contribution >= 4 is 5.97 Å². The van der Waals surface area contributed by atoms with Crippen molar-refractivity contribution in [3.05, 3.63) is 0 Å². The van der Waals surface area contributed by atoms with Gasteiger partial charge in [-0.25, -0.2) is 0 Å². The molecule has 2 rings (SSSR count). The smallest absolute Gasteiger partial charge is 0.311 e. The normalized spacial score (nSPS) is 34.4. The fourth-order valence-corrected chi connectivity index (χ4v) is 7.59. The number of methoxy groups -OCH3 is 1. The summed E-state index contributed by atoms with van der Waals surface area (Å²) in [6.07, 6.45) is -7.50. The average molecular weight is 802 g/mol. The van der Waals surface area contributed by atoms with E-state index in [9.17, 15) is 30.3 Å². The van der Waals surface area contributed by atoms with Crippen LogP contribution in [0.1, 0.15) is 102 Å². The molecule has 53 heavy (non-hydrogen) atoms. The van der Waals surface area contributed by atoms with Crippen LogP contribution < -0.4 is 5.32 Å². The van der Waals surface area contributed by atoms with Crippen LogP contribution in [0, 0.1) is 17.8 Å². The molecular weight excluding hydrogens is 727 g/mol. The Kier molecular flexibility index (Phi) is 20.9. The zero-order valence-corrected chi connectivity index (χ0v) is 36.2. The number of nitrogens with zero attached hydrogens (tertiary/aromatic N) is 1. The molecule has 0 aromatic carbocycles. The first kappa shape index (κ1) is 50.6. The van der Waals surface area contributed by atoms with Crippen molar-refractivity contribution < 1.29 is 77.3 Å². The van der Waals surface area contributed by atoms with Gasteiger partial charge in [0.15, 0.2) is 12.6 Å². The van der Waals surface area contributed by atoms with Gasteiger partial charge in [-0.05, 0) is 94.7 Å². The number of rotatable bonds is 20. The molecule has 2 aliphatic heterocycles. The molecule has 18 atom stereocenters. The first-order valence-corrected chi connectivity index (χ1v) is 19.2. The second-order valence-electron chi connectivity index (χ2n) is 16.5. The van der Waals surface area contributed by atoms with Crippen molar-refractivity contribution in [2.45, 2.75) is 193 Å². The summed E-state index contributed by atoms with van der Waals surface area (Å²) in [5.41, 5.74) is -2.58. The van der Waals surface area contributed by atoms with Gasteiger partial charge in [-0.1, -0.05) is 20.8 Å². The number of ether oxygens (including phenoxy) is 6. The Labute approximate surface area is 330 Å². The second-order valence-corrected chi connectivity index (χ2v) is 16.5. The van der Waals surface area contributed by atoms with E-state index in [4.69, 9.17) is 28.4 Å². The monoisotopic (exact) mass is 801 g/mol. The minimum absolute atomic E-state index is 0. The van der Waals surface area contributed by atoms with E-state index >= 15 is 0 Å². The maximum absolute atomic E-state index is 13.7. The second kappa shape index (κ2) is 21.9. The molecule has 15 heteroatoms. The van der Waals surface area contributed by atoms with Gasteiger partial charge in [0, 0.05) is 56.6 Å². The Morgan fingerprint density at radius 1 is 1.06 bits per heavy atom. The van der Waals surface area contributed by atoms with Gasteiger partial charge in [0.05, 0.1) is 59.8 Å². The molecule has 313 valence electrons. The van der Waals surface area contributed by atoms with Crippen LogP contribution in [0.3, 0.4) is 0 Å². The van der Waals surface area contributed by atoms with Crippen molar-refractivity contribution in [1.29, 1.82) is 0 Å². The van der Waals surface area contributed by atoms with E-state index in [0.717, 1.165) is 0 Å². The molecule has 2 saturated heterocycles. The number of aliphatic hydroxyl groups excluding tert-OH is 4. The number of likely N-dealkylation sites (N-methyl/N-ethyl adjacent to an activating group) is 1. The molecule has 0 aromatic rings. The molecule has 14 nitrogen and oxygen atoms in total. The van der Waals surface area contributed by atoms with Gasteiger partial charge in [0.1, 0.15) is 12.2 Å². The number of carbonyl (C=O) groups excluding carboxylic acids is 1. The maximum atomic E-state index is 13.7. The Morgan fingerprint density at radius 3 is 2.19 bits per heavy atom. The molecular formula is C38H74N2O12V. The summed E-state index contributed by atoms with van der Waals surface area (Å²) in [5.74, 6) is -2.32. The number of hydrogen-bond acceptors (Lipinski definition) is 14. The molecule has 6 N–H and O–H groups in total. The van der Waals surface area contributed by atoms with Crippen LogP contribution in [-0.2, 0) is 51.8 Å². The van der Waals surface area contributed by atoms with Crippen LogP contribution in [-0.4, -0.2) is 155 Å². The first-order chi connectivity index (χ1) is 24.0. The fourth-order valence-electron chi connectivity index (χ4n) is 7.59. The standard InChI is InChI=1S/C38H74N2O12.V/c1-15-22(4)48-35(45)25(7)32(51-29-18-38(11,47-14)33(44)27(9)50-29)24(6)34(52-36-31(43)28(40(12)13)16-23(5)49-36)37(10,46)17-21(3)39-19-20(2)30(42)26(8)41;/h20-34,36,39,41-44,46H,15-19H2,1-14H3;/t20?,21?,22-,23?,24?,25?,26?,27?,28?,29?,30?,31?,32?,33?,34?,36?,37?,38?;/m0./s1. The molecule has 0 saturated carbocycles. The quantitative estimate of drug-likeness (QED) is 0.0984. The molecule has 2 heterocycles. The summed E-state index contributed by atoms with van der Waals surface area (Å²) < 4.78 is 37.2. The minimum Gasteiger partial charge on any atom is -0.462 e. The summed E-state index contributed by atoms with van der Waals surface area (Å²) in [6, 6.07) is -0.565. The molecule has 2 fully saturated rings. The van der Waals surface area contributed by atoms with E-state index in [0.29, 0.717) is 19.4 Å². The molecule has 0 aliphatic carbocycles. The number of aliphatic hydroxyl groups is 5. The Hall–Kier alpha value is -0.426. The molecule has 0 aromatic heterocycles. The zero-order valence-electron chi connectivity index (χ0n) is 34.8. The molecule has 0 bridgehead atoms. The minimum atomic E-state index is -1.59. The fraction of sp³-hybridized carbons (Fsp3) is 0.974. The number of nitrogens with one attached hydrogen (secondary N) is 1. The summed E-state index contributed by atoms with van der Waals surface area (Å²) in [6.45, 7) is 20.0. The number of hydrogen-bond donors (Lipinski definition) is 6. The van der Waals surface area contributed by atoms with Crippen molar-refractivity contribution in [2.24, 2.45) is 17.8 Å². The third-order valence-corrected chi connectivity index (χ3v) is 11.3. The third kappa shape index (κ3) is 13.9. The van der Waals surface area contributed by atoms with E-state index in [1.807, 2.05) is 60.5 Å². The van der Waals surface area contributed by atoms with Crippen LogP contribution in [0.2, 0.25) is 0 Å². The molecule has 2 aliphatic rings. The predicted octanol–water partition coefficient (Wildman–Crippen LogP) is 2.19. The van der Waals surface area contributed by atoms with E-state index in [1.54, 1.807) is 27.7 Å². The summed E-state index contributed by atoms with van der Waals surface area (Å²) >= 11 is 0. The Bertz CT molecular complexity index is 1070.